The number of anilines is 1. The third kappa shape index (κ3) is 7.46. The lowest BCUT2D eigenvalue weighted by molar-refractivity contribution is -0.139. The van der Waals surface area contributed by atoms with Crippen molar-refractivity contribution in [2.24, 2.45) is 0 Å². The molecule has 0 aliphatic heterocycles. The number of benzene rings is 4. The average molecular weight is 649 g/mol. The number of nitrogens with one attached hydrogen (secondary N) is 1. The van der Waals surface area contributed by atoms with Crippen LogP contribution in [0.4, 0.5) is 5.69 Å². The zero-order chi connectivity index (χ0) is 30.3. The van der Waals surface area contributed by atoms with Crippen molar-refractivity contribution in [3.63, 3.8) is 0 Å². The molecule has 0 spiro atoms. The smallest absolute Gasteiger partial charge is 0.264 e. The molecule has 0 aliphatic rings. The van der Waals surface area contributed by atoms with Crippen LogP contribution in [0.25, 0.3) is 0 Å². The van der Waals surface area contributed by atoms with Crippen LogP contribution in [-0.2, 0) is 32.6 Å². The molecule has 1 atom stereocenters. The number of hydrogen-bond acceptors (Lipinski definition) is 4. The first-order chi connectivity index (χ1) is 20.1. The van der Waals surface area contributed by atoms with Crippen molar-refractivity contribution in [3.8, 4) is 0 Å². The summed E-state index contributed by atoms with van der Waals surface area (Å²) in [5.41, 5.74) is 3.69. The van der Waals surface area contributed by atoms with Crippen LogP contribution < -0.4 is 9.62 Å². The number of aryl methyl sites for hydroxylation is 2. The predicted molar refractivity (Wildman–Crippen MR) is 170 cm³/mol. The van der Waals surface area contributed by atoms with Crippen LogP contribution in [0.1, 0.15) is 22.3 Å². The lowest BCUT2D eigenvalue weighted by Gasteiger charge is -2.34. The zero-order valence-electron chi connectivity index (χ0n) is 23.8. The summed E-state index contributed by atoms with van der Waals surface area (Å²) in [4.78, 5) is 29.2. The van der Waals surface area contributed by atoms with Gasteiger partial charge in [0.05, 0.1) is 10.6 Å². The van der Waals surface area contributed by atoms with E-state index in [4.69, 9.17) is 0 Å². The van der Waals surface area contributed by atoms with Crippen molar-refractivity contribution in [1.29, 1.82) is 0 Å². The summed E-state index contributed by atoms with van der Waals surface area (Å²) in [7, 11) is -2.60. The van der Waals surface area contributed by atoms with Gasteiger partial charge in [0.15, 0.2) is 0 Å². The van der Waals surface area contributed by atoms with Crippen molar-refractivity contribution in [3.05, 3.63) is 130 Å². The van der Waals surface area contributed by atoms with Crippen LogP contribution >= 0.6 is 15.9 Å². The molecule has 0 fully saturated rings. The highest BCUT2D eigenvalue weighted by Crippen LogP contribution is 2.28. The molecule has 0 aliphatic carbocycles. The Bertz CT molecular complexity index is 1640. The summed E-state index contributed by atoms with van der Waals surface area (Å²) in [5, 5.41) is 2.70. The summed E-state index contributed by atoms with van der Waals surface area (Å²) < 4.78 is 30.1. The summed E-state index contributed by atoms with van der Waals surface area (Å²) >= 11 is 3.49. The maximum Gasteiger partial charge on any atom is 0.264 e. The fourth-order valence-electron chi connectivity index (χ4n) is 4.75. The molecule has 4 rings (SSSR count). The molecule has 0 saturated heterocycles. The third-order valence-corrected chi connectivity index (χ3v) is 9.30. The van der Waals surface area contributed by atoms with Crippen molar-refractivity contribution >= 4 is 43.5 Å². The zero-order valence-corrected chi connectivity index (χ0v) is 26.2. The molecule has 42 heavy (non-hydrogen) atoms. The van der Waals surface area contributed by atoms with E-state index in [1.165, 1.54) is 11.9 Å². The molecule has 9 heteroatoms. The normalized spacial score (nSPS) is 11.9. The van der Waals surface area contributed by atoms with Gasteiger partial charge in [-0.2, -0.15) is 0 Å². The summed E-state index contributed by atoms with van der Waals surface area (Å²) in [6.45, 7) is 3.30. The first-order valence-corrected chi connectivity index (χ1v) is 15.8. The number of carbonyl (C=O) groups is 2. The van der Waals surface area contributed by atoms with Gasteiger partial charge in [-0.1, -0.05) is 94.3 Å². The average Bonchev–Trinajstić information content (AvgIpc) is 2.98. The van der Waals surface area contributed by atoms with Gasteiger partial charge < -0.3 is 10.2 Å². The molecular weight excluding hydrogens is 614 g/mol. The second-order valence-electron chi connectivity index (χ2n) is 10.1. The summed E-state index contributed by atoms with van der Waals surface area (Å²) in [6, 6.07) is 29.7. The number of halogens is 1. The number of amides is 2. The fraction of sp³-hybridized carbons (Fsp3) is 0.212. The molecule has 0 aromatic heterocycles. The topological polar surface area (TPSA) is 86.8 Å². The number of para-hydroxylation sites is 1. The third-order valence-electron chi connectivity index (χ3n) is 7.03. The maximum absolute atomic E-state index is 14.3. The Labute approximate surface area is 256 Å². The second kappa shape index (κ2) is 13.8. The number of sulfonamides is 1. The number of nitrogens with zero attached hydrogens (tertiary/aromatic N) is 2. The van der Waals surface area contributed by atoms with E-state index in [-0.39, 0.29) is 23.8 Å². The lowest BCUT2D eigenvalue weighted by Crippen LogP contribution is -2.53. The monoisotopic (exact) mass is 647 g/mol. The van der Waals surface area contributed by atoms with Crippen molar-refractivity contribution in [2.45, 2.75) is 37.8 Å². The van der Waals surface area contributed by atoms with E-state index < -0.39 is 28.5 Å². The van der Waals surface area contributed by atoms with Crippen molar-refractivity contribution in [2.75, 3.05) is 17.9 Å². The highest BCUT2D eigenvalue weighted by atomic mass is 79.9. The number of carbonyl (C=O) groups excluding carboxylic acids is 2. The van der Waals surface area contributed by atoms with E-state index in [2.05, 4.69) is 21.2 Å². The minimum Gasteiger partial charge on any atom is -0.357 e. The molecule has 7 nitrogen and oxygen atoms in total. The van der Waals surface area contributed by atoms with Crippen molar-refractivity contribution < 1.29 is 18.0 Å². The van der Waals surface area contributed by atoms with Crippen molar-refractivity contribution in [1.82, 2.24) is 10.2 Å². The van der Waals surface area contributed by atoms with Gasteiger partial charge in [-0.05, 0) is 60.9 Å². The molecule has 4 aromatic carbocycles. The number of hydrogen-bond donors (Lipinski definition) is 1. The highest BCUT2D eigenvalue weighted by molar-refractivity contribution is 9.10. The minimum absolute atomic E-state index is 0.0785. The first-order valence-electron chi connectivity index (χ1n) is 13.5. The number of likely N-dealkylation sites (N-methyl/N-ethyl adjacent to an activating group) is 1. The Hall–Kier alpha value is -3.95. The van der Waals surface area contributed by atoms with Gasteiger partial charge in [-0.3, -0.25) is 13.9 Å². The maximum atomic E-state index is 14.3. The van der Waals surface area contributed by atoms with Gasteiger partial charge in [0.25, 0.3) is 10.0 Å². The molecular formula is C33H34BrN3O4S. The minimum atomic E-state index is -4.13. The highest BCUT2D eigenvalue weighted by Gasteiger charge is 2.34. The van der Waals surface area contributed by atoms with Gasteiger partial charge in [-0.15, -0.1) is 0 Å². The van der Waals surface area contributed by atoms with Gasteiger partial charge in [0, 0.05) is 24.5 Å². The van der Waals surface area contributed by atoms with E-state index in [0.717, 1.165) is 25.5 Å². The molecule has 2 amide bonds. The Kier molecular flexibility index (Phi) is 10.2. The largest absolute Gasteiger partial charge is 0.357 e. The second-order valence-corrected chi connectivity index (χ2v) is 12.9. The molecule has 0 heterocycles. The summed E-state index contributed by atoms with van der Waals surface area (Å²) in [5.74, 6) is -0.843. The molecule has 0 radical (unpaired) electrons. The molecule has 0 saturated carbocycles. The molecule has 4 aromatic rings. The summed E-state index contributed by atoms with van der Waals surface area (Å²) in [6.07, 6.45) is 0.259. The van der Waals surface area contributed by atoms with E-state index in [1.54, 1.807) is 49.4 Å². The van der Waals surface area contributed by atoms with Crippen LogP contribution in [0.5, 0.6) is 0 Å². The standard InChI is InChI=1S/C33H34BrN3O4S/c1-24-16-18-29(19-17-24)42(40,41)37(30-15-8-7-10-25(30)2)23-32(38)36(22-27-13-9-14-28(34)20-27)31(33(39)35-3)21-26-11-5-4-6-12-26/h4-20,31H,21-23H2,1-3H3,(H,35,39)/t31-/m0/s1. The van der Waals surface area contributed by atoms with Crippen LogP contribution in [0.3, 0.4) is 0 Å². The molecule has 218 valence electrons. The lowest BCUT2D eigenvalue weighted by atomic mass is 10.0. The van der Waals surface area contributed by atoms with Crippen LogP contribution in [0, 0.1) is 13.8 Å². The SMILES string of the molecule is CNC(=O)[C@H](Cc1ccccc1)N(Cc1cccc(Br)c1)C(=O)CN(c1ccccc1C)S(=O)(=O)c1ccc(C)cc1. The molecule has 0 unspecified atom stereocenters. The molecule has 1 N–H and O–H groups in total. The van der Waals surface area contributed by atoms with Crippen LogP contribution in [-0.4, -0.2) is 44.8 Å². The Balaban J connectivity index is 1.80. The first kappa shape index (κ1) is 31.0. The van der Waals surface area contributed by atoms with Gasteiger partial charge in [0.2, 0.25) is 11.8 Å². The number of rotatable bonds is 11. The predicted octanol–water partition coefficient (Wildman–Crippen LogP) is 5.65. The Morgan fingerprint density at radius 3 is 2.12 bits per heavy atom. The van der Waals surface area contributed by atoms with Gasteiger partial charge in [0.1, 0.15) is 12.6 Å². The van der Waals surface area contributed by atoms with E-state index >= 15 is 0 Å². The van der Waals surface area contributed by atoms with E-state index in [0.29, 0.717) is 11.3 Å². The van der Waals surface area contributed by atoms with Gasteiger partial charge in [-0.25, -0.2) is 8.42 Å². The van der Waals surface area contributed by atoms with Gasteiger partial charge >= 0.3 is 0 Å². The quantitative estimate of drug-likeness (QED) is 0.228. The van der Waals surface area contributed by atoms with E-state index in [1.807, 2.05) is 67.6 Å². The van der Waals surface area contributed by atoms with Crippen LogP contribution in [0.2, 0.25) is 0 Å². The Morgan fingerprint density at radius 2 is 1.48 bits per heavy atom. The van der Waals surface area contributed by atoms with E-state index in [9.17, 15) is 18.0 Å². The van der Waals surface area contributed by atoms with Crippen LogP contribution in [0.15, 0.2) is 112 Å². The fourth-order valence-corrected chi connectivity index (χ4v) is 6.67. The molecule has 0 bridgehead atoms. The Morgan fingerprint density at radius 1 is 0.833 bits per heavy atom.